The van der Waals surface area contributed by atoms with Gasteiger partial charge in [0.15, 0.2) is 11.9 Å². The van der Waals surface area contributed by atoms with Crippen LogP contribution in [0.3, 0.4) is 0 Å². The van der Waals surface area contributed by atoms with Gasteiger partial charge in [0.25, 0.3) is 6.02 Å². The van der Waals surface area contributed by atoms with Gasteiger partial charge in [-0.1, -0.05) is 60.7 Å². The van der Waals surface area contributed by atoms with Crippen LogP contribution >= 0.6 is 0 Å². The van der Waals surface area contributed by atoms with E-state index in [9.17, 15) is 5.11 Å². The fourth-order valence-electron chi connectivity index (χ4n) is 4.49. The van der Waals surface area contributed by atoms with Crippen LogP contribution in [0.15, 0.2) is 65.7 Å². The second-order valence-corrected chi connectivity index (χ2v) is 8.79. The smallest absolute Gasteiger partial charge is 0.285 e. The molecule has 2 heterocycles. The fourth-order valence-corrected chi connectivity index (χ4v) is 4.49. The van der Waals surface area contributed by atoms with Gasteiger partial charge in [0, 0.05) is 0 Å². The topological polar surface area (TPSA) is 81.5 Å². The number of hydrogen-bond acceptors (Lipinski definition) is 6. The lowest BCUT2D eigenvalue weighted by atomic mass is 9.94. The Bertz CT molecular complexity index is 936. The lowest BCUT2D eigenvalue weighted by Crippen LogP contribution is -2.63. The van der Waals surface area contributed by atoms with Crippen molar-refractivity contribution in [3.05, 3.63) is 71.8 Å². The van der Waals surface area contributed by atoms with E-state index in [4.69, 9.17) is 18.9 Å². The van der Waals surface area contributed by atoms with Gasteiger partial charge < -0.3 is 29.4 Å². The van der Waals surface area contributed by atoms with Crippen LogP contribution in [0.1, 0.15) is 25.0 Å². The molecule has 0 spiro atoms. The number of fused-ring (bicyclic) bond motifs is 3. The summed E-state index contributed by atoms with van der Waals surface area (Å²) >= 11 is 0. The van der Waals surface area contributed by atoms with Crippen molar-refractivity contribution in [3.8, 4) is 0 Å². The molecule has 5 rings (SSSR count). The summed E-state index contributed by atoms with van der Waals surface area (Å²) in [6, 6.07) is 19.9. The molecule has 31 heavy (non-hydrogen) atoms. The van der Waals surface area contributed by atoms with Crippen LogP contribution in [0.2, 0.25) is 0 Å². The molecule has 1 aliphatic carbocycles. The van der Waals surface area contributed by atoms with E-state index in [0.717, 1.165) is 11.1 Å². The molecule has 0 aromatic heterocycles. The van der Waals surface area contributed by atoms with Crippen LogP contribution in [0.4, 0.5) is 0 Å². The Kier molecular flexibility index (Phi) is 5.22. The van der Waals surface area contributed by atoms with E-state index in [-0.39, 0.29) is 6.61 Å². The van der Waals surface area contributed by atoms with Crippen LogP contribution < -0.4 is 5.32 Å². The summed E-state index contributed by atoms with van der Waals surface area (Å²) in [4.78, 5) is 4.56. The van der Waals surface area contributed by atoms with E-state index < -0.39 is 35.7 Å². The molecule has 3 aliphatic rings. The summed E-state index contributed by atoms with van der Waals surface area (Å²) in [5.74, 6) is -0.811. The number of aliphatic hydroxyl groups is 1. The van der Waals surface area contributed by atoms with Crippen molar-refractivity contribution < 1.29 is 24.1 Å². The van der Waals surface area contributed by atoms with Crippen molar-refractivity contribution >= 4 is 6.02 Å². The standard InChI is InChI=1S/C24H28N2O5/c1-23(2)29-15-24(27)20-18(30-22(26-20)25-13-16-9-5-3-6-10-16)19(21(24)31-23)28-14-17-11-7-4-8-12-17/h3-12,18-21,27H,13-15H2,1-2H3,(H,25,26)/t18-,19-,20-,21+,24+/m1/s1. The molecule has 0 unspecified atom stereocenters. The summed E-state index contributed by atoms with van der Waals surface area (Å²) in [7, 11) is 0. The van der Waals surface area contributed by atoms with Crippen molar-refractivity contribution in [3.63, 3.8) is 0 Å². The number of nitrogens with one attached hydrogen (secondary N) is 1. The maximum Gasteiger partial charge on any atom is 0.285 e. The number of ether oxygens (including phenoxy) is 4. The van der Waals surface area contributed by atoms with Gasteiger partial charge in [-0.15, -0.1) is 0 Å². The zero-order chi connectivity index (χ0) is 21.5. The number of hydrogen-bond donors (Lipinski definition) is 2. The molecule has 0 amide bonds. The summed E-state index contributed by atoms with van der Waals surface area (Å²) < 4.78 is 24.4. The van der Waals surface area contributed by atoms with E-state index in [1.165, 1.54) is 0 Å². The highest BCUT2D eigenvalue weighted by Crippen LogP contribution is 2.45. The van der Waals surface area contributed by atoms with E-state index >= 15 is 0 Å². The third kappa shape index (κ3) is 3.94. The molecule has 5 atom stereocenters. The Hall–Kier alpha value is -2.45. The average Bonchev–Trinajstić information content (AvgIpc) is 3.29. The molecular weight excluding hydrogens is 396 g/mol. The molecule has 164 valence electrons. The molecular formula is C24H28N2O5. The highest BCUT2D eigenvalue weighted by atomic mass is 16.7. The molecule has 2 N–H and O–H groups in total. The number of amidine groups is 1. The van der Waals surface area contributed by atoms with Crippen LogP contribution in [0.5, 0.6) is 0 Å². The third-order valence-electron chi connectivity index (χ3n) is 6.10. The van der Waals surface area contributed by atoms with Crippen LogP contribution in [0.25, 0.3) is 0 Å². The molecule has 1 saturated carbocycles. The minimum absolute atomic E-state index is 0.124. The summed E-state index contributed by atoms with van der Waals surface area (Å²) in [6.45, 7) is 4.69. The van der Waals surface area contributed by atoms with Crippen LogP contribution in [-0.4, -0.2) is 53.5 Å². The summed E-state index contributed by atoms with van der Waals surface area (Å²) in [5, 5.41) is 14.8. The van der Waals surface area contributed by atoms with Gasteiger partial charge in [-0.2, -0.15) is 0 Å². The van der Waals surface area contributed by atoms with E-state index in [1.54, 1.807) is 0 Å². The first-order valence-corrected chi connectivity index (χ1v) is 10.7. The molecule has 0 radical (unpaired) electrons. The largest absolute Gasteiger partial charge is 0.457 e. The molecule has 2 aromatic rings. The zero-order valence-electron chi connectivity index (χ0n) is 17.7. The Morgan fingerprint density at radius 3 is 2.45 bits per heavy atom. The van der Waals surface area contributed by atoms with Gasteiger partial charge in [-0.25, -0.2) is 4.99 Å². The minimum Gasteiger partial charge on any atom is -0.457 e. The molecule has 3 fully saturated rings. The second-order valence-electron chi connectivity index (χ2n) is 8.79. The van der Waals surface area contributed by atoms with Crippen molar-refractivity contribution in [2.75, 3.05) is 6.61 Å². The lowest BCUT2D eigenvalue weighted by Gasteiger charge is -2.45. The lowest BCUT2D eigenvalue weighted by molar-refractivity contribution is -0.340. The Balaban J connectivity index is 1.37. The number of nitrogens with zero attached hydrogens (tertiary/aromatic N) is 1. The SMILES string of the molecule is CC1(C)OC[C@]2(O)[C@@H]3NC(=NCc4ccccc4)O[C@@H]3[C@@H](OCc3ccccc3)[C@@H]2O1. The van der Waals surface area contributed by atoms with Gasteiger partial charge in [-0.3, -0.25) is 0 Å². The van der Waals surface area contributed by atoms with Gasteiger partial charge in [0.05, 0.1) is 19.8 Å². The number of aliphatic imine (C=N–C) groups is 1. The molecule has 7 nitrogen and oxygen atoms in total. The molecule has 2 aliphatic heterocycles. The molecule has 0 bridgehead atoms. The quantitative estimate of drug-likeness (QED) is 0.767. The van der Waals surface area contributed by atoms with Crippen molar-refractivity contribution in [2.45, 2.75) is 62.7 Å². The predicted octanol–water partition coefficient (Wildman–Crippen LogP) is 2.38. The third-order valence-corrected chi connectivity index (χ3v) is 6.10. The molecule has 2 aromatic carbocycles. The summed E-state index contributed by atoms with van der Waals surface area (Å²) in [5.41, 5.74) is 0.840. The molecule has 2 saturated heterocycles. The average molecular weight is 424 g/mol. The van der Waals surface area contributed by atoms with Gasteiger partial charge in [0.1, 0.15) is 23.9 Å². The van der Waals surface area contributed by atoms with Gasteiger partial charge in [-0.05, 0) is 25.0 Å². The maximum absolute atomic E-state index is 11.6. The van der Waals surface area contributed by atoms with Gasteiger partial charge in [0.2, 0.25) is 0 Å². The predicted molar refractivity (Wildman–Crippen MR) is 114 cm³/mol. The first kappa shape index (κ1) is 20.5. The Morgan fingerprint density at radius 2 is 1.74 bits per heavy atom. The Labute approximate surface area is 182 Å². The van der Waals surface area contributed by atoms with E-state index in [0.29, 0.717) is 19.2 Å². The minimum atomic E-state index is -1.29. The van der Waals surface area contributed by atoms with Crippen molar-refractivity contribution in [2.24, 2.45) is 4.99 Å². The normalized spacial score (nSPS) is 34.6. The van der Waals surface area contributed by atoms with E-state index in [1.807, 2.05) is 74.5 Å². The second kappa shape index (κ2) is 7.91. The number of rotatable bonds is 5. The van der Waals surface area contributed by atoms with Crippen LogP contribution in [0, 0.1) is 0 Å². The monoisotopic (exact) mass is 424 g/mol. The van der Waals surface area contributed by atoms with Gasteiger partial charge >= 0.3 is 0 Å². The zero-order valence-corrected chi connectivity index (χ0v) is 17.7. The highest BCUT2D eigenvalue weighted by molar-refractivity contribution is 5.77. The first-order chi connectivity index (χ1) is 14.9. The Morgan fingerprint density at radius 1 is 1.06 bits per heavy atom. The highest BCUT2D eigenvalue weighted by Gasteiger charge is 2.68. The van der Waals surface area contributed by atoms with Crippen LogP contribution in [-0.2, 0) is 32.1 Å². The fraction of sp³-hybridized carbons (Fsp3) is 0.458. The van der Waals surface area contributed by atoms with Crippen molar-refractivity contribution in [1.29, 1.82) is 0 Å². The van der Waals surface area contributed by atoms with E-state index in [2.05, 4.69) is 10.3 Å². The molecule has 7 heteroatoms. The number of benzene rings is 2. The summed E-state index contributed by atoms with van der Waals surface area (Å²) in [6.07, 6.45) is -1.50. The van der Waals surface area contributed by atoms with Crippen molar-refractivity contribution in [1.82, 2.24) is 5.32 Å². The first-order valence-electron chi connectivity index (χ1n) is 10.7. The maximum atomic E-state index is 11.6.